The quantitative estimate of drug-likeness (QED) is 0.679. The normalized spacial score (nSPS) is 11.1. The highest BCUT2D eigenvalue weighted by Gasteiger charge is 2.09. The van der Waals surface area contributed by atoms with Crippen LogP contribution in [0.2, 0.25) is 5.02 Å². The van der Waals surface area contributed by atoms with Crippen molar-refractivity contribution in [1.82, 2.24) is 9.55 Å². The Morgan fingerprint density at radius 3 is 2.72 bits per heavy atom. The van der Waals surface area contributed by atoms with Gasteiger partial charge in [-0.15, -0.1) is 0 Å². The Bertz CT molecular complexity index is 927. The average Bonchev–Trinajstić information content (AvgIpc) is 2.95. The Hall–Kier alpha value is -2.85. The maximum absolute atomic E-state index is 10.6. The number of imidazole rings is 1. The van der Waals surface area contributed by atoms with Crippen LogP contribution < -0.4 is 0 Å². The molecule has 2 aromatic carbocycles. The molecule has 25 heavy (non-hydrogen) atoms. The minimum absolute atomic E-state index is 0.668. The van der Waals surface area contributed by atoms with E-state index in [1.165, 1.54) is 0 Å². The molecule has 3 aromatic rings. The highest BCUT2D eigenvalue weighted by molar-refractivity contribution is 6.30. The second kappa shape index (κ2) is 7.36. The van der Waals surface area contributed by atoms with Crippen LogP contribution in [0.15, 0.2) is 60.9 Å². The number of carbonyl (C=O) groups is 1. The number of benzene rings is 2. The molecule has 0 amide bonds. The van der Waals surface area contributed by atoms with Crippen molar-refractivity contribution in [3.63, 3.8) is 0 Å². The number of hydrogen-bond donors (Lipinski definition) is 1. The molecule has 5 heteroatoms. The summed E-state index contributed by atoms with van der Waals surface area (Å²) in [6.07, 6.45) is 4.55. The number of carboxylic acids is 1. The van der Waals surface area contributed by atoms with Crippen LogP contribution in [-0.2, 0) is 11.3 Å². The largest absolute Gasteiger partial charge is 0.478 e. The molecule has 0 radical (unpaired) electrons. The summed E-state index contributed by atoms with van der Waals surface area (Å²) in [5.41, 5.74) is 4.96. The van der Waals surface area contributed by atoms with Crippen LogP contribution in [-0.4, -0.2) is 20.6 Å². The van der Waals surface area contributed by atoms with Gasteiger partial charge in [-0.3, -0.25) is 0 Å². The van der Waals surface area contributed by atoms with E-state index in [1.54, 1.807) is 6.08 Å². The first-order chi connectivity index (χ1) is 12.0. The molecule has 0 bridgehead atoms. The molecule has 126 valence electrons. The summed E-state index contributed by atoms with van der Waals surface area (Å²) in [4.78, 5) is 15.2. The standard InChI is InChI=1S/C20H17ClN2O2/c1-14-20(17-6-8-18(21)9-7-17)22-13-23(14)12-16-4-2-3-15(11-16)5-10-19(24)25/h2-11,13H,12H2,1H3,(H,24,25)/b10-5+. The molecule has 0 spiro atoms. The zero-order valence-electron chi connectivity index (χ0n) is 13.7. The Labute approximate surface area is 151 Å². The minimum Gasteiger partial charge on any atom is -0.478 e. The maximum atomic E-state index is 10.6. The van der Waals surface area contributed by atoms with Gasteiger partial charge in [0, 0.05) is 28.9 Å². The lowest BCUT2D eigenvalue weighted by atomic mass is 10.1. The van der Waals surface area contributed by atoms with Crippen LogP contribution in [0.4, 0.5) is 0 Å². The van der Waals surface area contributed by atoms with Crippen molar-refractivity contribution in [2.75, 3.05) is 0 Å². The van der Waals surface area contributed by atoms with Gasteiger partial charge in [0.1, 0.15) is 0 Å². The summed E-state index contributed by atoms with van der Waals surface area (Å²) in [7, 11) is 0. The van der Waals surface area contributed by atoms with E-state index < -0.39 is 5.97 Å². The molecule has 0 atom stereocenters. The van der Waals surface area contributed by atoms with Crippen molar-refractivity contribution in [2.24, 2.45) is 0 Å². The molecule has 1 N–H and O–H groups in total. The lowest BCUT2D eigenvalue weighted by molar-refractivity contribution is -0.131. The fourth-order valence-corrected chi connectivity index (χ4v) is 2.78. The summed E-state index contributed by atoms with van der Waals surface area (Å²) in [5.74, 6) is -0.955. The van der Waals surface area contributed by atoms with Crippen LogP contribution >= 0.6 is 11.6 Å². The average molecular weight is 353 g/mol. The summed E-state index contributed by atoms with van der Waals surface area (Å²) < 4.78 is 2.07. The molecule has 0 saturated heterocycles. The van der Waals surface area contributed by atoms with E-state index >= 15 is 0 Å². The zero-order chi connectivity index (χ0) is 17.8. The molecule has 0 saturated carbocycles. The number of carboxylic acid groups (broad SMARTS) is 1. The molecular weight excluding hydrogens is 336 g/mol. The second-order valence-corrected chi connectivity index (χ2v) is 6.17. The molecule has 0 unspecified atom stereocenters. The number of aromatic nitrogens is 2. The van der Waals surface area contributed by atoms with E-state index in [0.29, 0.717) is 11.6 Å². The minimum atomic E-state index is -0.955. The van der Waals surface area contributed by atoms with E-state index in [2.05, 4.69) is 9.55 Å². The predicted octanol–water partition coefficient (Wildman–Crippen LogP) is 4.66. The van der Waals surface area contributed by atoms with Gasteiger partial charge in [0.05, 0.1) is 12.0 Å². The summed E-state index contributed by atoms with van der Waals surface area (Å²) in [6, 6.07) is 15.4. The molecular formula is C20H17ClN2O2. The molecule has 3 rings (SSSR count). The van der Waals surface area contributed by atoms with Crippen molar-refractivity contribution in [2.45, 2.75) is 13.5 Å². The van der Waals surface area contributed by atoms with Gasteiger partial charge < -0.3 is 9.67 Å². The number of halogens is 1. The zero-order valence-corrected chi connectivity index (χ0v) is 14.4. The van der Waals surface area contributed by atoms with Crippen molar-refractivity contribution >= 4 is 23.6 Å². The third kappa shape index (κ3) is 4.17. The summed E-state index contributed by atoms with van der Waals surface area (Å²) in [6.45, 7) is 2.70. The van der Waals surface area contributed by atoms with Crippen LogP contribution in [0.5, 0.6) is 0 Å². The highest BCUT2D eigenvalue weighted by atomic mass is 35.5. The second-order valence-electron chi connectivity index (χ2n) is 5.73. The highest BCUT2D eigenvalue weighted by Crippen LogP contribution is 2.24. The molecule has 1 aromatic heterocycles. The van der Waals surface area contributed by atoms with Gasteiger partial charge in [-0.25, -0.2) is 9.78 Å². The summed E-state index contributed by atoms with van der Waals surface area (Å²) in [5, 5.41) is 9.44. The number of nitrogens with zero attached hydrogens (tertiary/aromatic N) is 2. The Kier molecular flexibility index (Phi) is 5.00. The Balaban J connectivity index is 1.83. The fourth-order valence-electron chi connectivity index (χ4n) is 2.65. The first-order valence-electron chi connectivity index (χ1n) is 7.80. The number of rotatable bonds is 5. The van der Waals surface area contributed by atoms with Crippen LogP contribution in [0.3, 0.4) is 0 Å². The Morgan fingerprint density at radius 2 is 2.00 bits per heavy atom. The maximum Gasteiger partial charge on any atom is 0.328 e. The van der Waals surface area contributed by atoms with Crippen LogP contribution in [0.25, 0.3) is 17.3 Å². The molecule has 1 heterocycles. The third-order valence-electron chi connectivity index (χ3n) is 3.94. The van der Waals surface area contributed by atoms with E-state index in [-0.39, 0.29) is 0 Å². The van der Waals surface area contributed by atoms with Crippen molar-refractivity contribution in [1.29, 1.82) is 0 Å². The van der Waals surface area contributed by atoms with E-state index in [1.807, 2.05) is 61.8 Å². The monoisotopic (exact) mass is 352 g/mol. The molecule has 0 aliphatic carbocycles. The number of hydrogen-bond acceptors (Lipinski definition) is 2. The molecule has 4 nitrogen and oxygen atoms in total. The molecule has 0 aliphatic heterocycles. The molecule has 0 aliphatic rings. The van der Waals surface area contributed by atoms with Crippen molar-refractivity contribution in [3.8, 4) is 11.3 Å². The smallest absolute Gasteiger partial charge is 0.328 e. The van der Waals surface area contributed by atoms with Crippen molar-refractivity contribution in [3.05, 3.63) is 82.8 Å². The third-order valence-corrected chi connectivity index (χ3v) is 4.19. The SMILES string of the molecule is Cc1c(-c2ccc(Cl)cc2)ncn1Cc1cccc(/C=C/C(=O)O)c1. The lowest BCUT2D eigenvalue weighted by Crippen LogP contribution is -2.00. The van der Waals surface area contributed by atoms with Gasteiger partial charge >= 0.3 is 5.97 Å². The van der Waals surface area contributed by atoms with Gasteiger partial charge in [-0.05, 0) is 42.3 Å². The van der Waals surface area contributed by atoms with Crippen LogP contribution in [0.1, 0.15) is 16.8 Å². The van der Waals surface area contributed by atoms with Gasteiger partial charge in [-0.2, -0.15) is 0 Å². The van der Waals surface area contributed by atoms with Gasteiger partial charge in [0.25, 0.3) is 0 Å². The first kappa shape index (κ1) is 17.0. The van der Waals surface area contributed by atoms with Crippen LogP contribution in [0, 0.1) is 6.92 Å². The number of aliphatic carboxylic acids is 1. The molecule has 0 fully saturated rings. The van der Waals surface area contributed by atoms with Crippen molar-refractivity contribution < 1.29 is 9.90 Å². The van der Waals surface area contributed by atoms with Gasteiger partial charge in [-0.1, -0.05) is 41.9 Å². The van der Waals surface area contributed by atoms with E-state index in [4.69, 9.17) is 16.7 Å². The topological polar surface area (TPSA) is 55.1 Å². The van der Waals surface area contributed by atoms with E-state index in [0.717, 1.165) is 34.2 Å². The summed E-state index contributed by atoms with van der Waals surface area (Å²) >= 11 is 5.94. The van der Waals surface area contributed by atoms with E-state index in [9.17, 15) is 4.79 Å². The lowest BCUT2D eigenvalue weighted by Gasteiger charge is -2.07. The predicted molar refractivity (Wildman–Crippen MR) is 99.6 cm³/mol. The first-order valence-corrected chi connectivity index (χ1v) is 8.18. The van der Waals surface area contributed by atoms with Gasteiger partial charge in [0.2, 0.25) is 0 Å². The van der Waals surface area contributed by atoms with Gasteiger partial charge in [0.15, 0.2) is 0 Å². The Morgan fingerprint density at radius 1 is 1.24 bits per heavy atom. The fraction of sp³-hybridized carbons (Fsp3) is 0.100.